The highest BCUT2D eigenvalue weighted by Gasteiger charge is 2.65. The van der Waals surface area contributed by atoms with E-state index < -0.39 is 24.3 Å². The number of carbonyl (C=O) groups excluding carboxylic acids is 4. The summed E-state index contributed by atoms with van der Waals surface area (Å²) in [7, 11) is 2.62. The van der Waals surface area contributed by atoms with Gasteiger partial charge in [0.15, 0.2) is 0 Å². The van der Waals surface area contributed by atoms with E-state index in [0.29, 0.717) is 6.42 Å². The van der Waals surface area contributed by atoms with Crippen LogP contribution in [0.25, 0.3) is 28.0 Å². The Morgan fingerprint density at radius 1 is 0.707 bits per heavy atom. The Kier molecular flexibility index (Phi) is 10.00. The van der Waals surface area contributed by atoms with Crippen molar-refractivity contribution in [2.24, 2.45) is 27.7 Å². The summed E-state index contributed by atoms with van der Waals surface area (Å²) in [6.07, 6.45) is 6.82. The number of aromatic amines is 1. The molecule has 3 aromatic rings. The fourth-order valence-corrected chi connectivity index (χ4v) is 9.63. The number of methoxy groups -OCH3 is 2. The van der Waals surface area contributed by atoms with Crippen LogP contribution in [0.15, 0.2) is 65.9 Å². The number of rotatable bonds is 11. The minimum Gasteiger partial charge on any atom is -0.453 e. The van der Waals surface area contributed by atoms with E-state index in [1.165, 1.54) is 14.2 Å². The van der Waals surface area contributed by atoms with Crippen molar-refractivity contribution < 1.29 is 28.7 Å². The van der Waals surface area contributed by atoms with Gasteiger partial charge in [0.05, 0.1) is 38.2 Å². The van der Waals surface area contributed by atoms with Crippen molar-refractivity contribution >= 4 is 35.3 Å². The minimum absolute atomic E-state index is 0.0419. The van der Waals surface area contributed by atoms with Gasteiger partial charge in [-0.15, -0.1) is 0 Å². The van der Waals surface area contributed by atoms with Crippen LogP contribution in [0.4, 0.5) is 9.59 Å². The SMILES string of the molecule is COC(=O)N[C@H](C(=O)N1[C@H]2C[C@@]2(C)C[C@H]1C1=NC=C(c2ccc(-c3ccc(-c4cnc([C@@H]5C[C@]6(C)C[C@@H]6N5C(=O)[C@@H](NC(=O)OC)C(C)C)[nH]4)cc3)cc2)C1)C(C)C. The van der Waals surface area contributed by atoms with Gasteiger partial charge in [-0.05, 0) is 76.2 Å². The third kappa shape index (κ3) is 7.06. The summed E-state index contributed by atoms with van der Waals surface area (Å²) in [6, 6.07) is 15.5. The van der Waals surface area contributed by atoms with Crippen LogP contribution < -0.4 is 10.6 Å². The normalized spacial score (nSPS) is 27.7. The molecular formula is C45H55N7O6. The molecule has 8 rings (SSSR count). The van der Waals surface area contributed by atoms with E-state index in [4.69, 9.17) is 19.5 Å². The van der Waals surface area contributed by atoms with Crippen LogP contribution in [0.5, 0.6) is 0 Å². The molecule has 0 unspecified atom stereocenters. The van der Waals surface area contributed by atoms with Crippen LogP contribution in [0.1, 0.15) is 91.1 Å². The number of nitrogens with zero attached hydrogens (tertiary/aromatic N) is 4. The second-order valence-electron chi connectivity index (χ2n) is 18.2. The van der Waals surface area contributed by atoms with E-state index in [0.717, 1.165) is 70.7 Å². The van der Waals surface area contributed by atoms with Gasteiger partial charge in [0.2, 0.25) is 11.8 Å². The molecule has 2 aliphatic carbocycles. The van der Waals surface area contributed by atoms with Crippen LogP contribution in [0.2, 0.25) is 0 Å². The number of allylic oxidation sites excluding steroid dienone is 1. The van der Waals surface area contributed by atoms with Crippen LogP contribution in [0, 0.1) is 22.7 Å². The molecule has 2 saturated heterocycles. The summed E-state index contributed by atoms with van der Waals surface area (Å²) < 4.78 is 9.64. The number of fused-ring (bicyclic) bond motifs is 2. The molecule has 0 spiro atoms. The molecule has 0 radical (unpaired) electrons. The average molecular weight is 790 g/mol. The Morgan fingerprint density at radius 2 is 1.17 bits per heavy atom. The Morgan fingerprint density at radius 3 is 1.67 bits per heavy atom. The molecular weight excluding hydrogens is 735 g/mol. The second-order valence-corrected chi connectivity index (χ2v) is 18.2. The predicted molar refractivity (Wildman–Crippen MR) is 220 cm³/mol. The number of alkyl carbamates (subject to hydrolysis) is 2. The number of nitrogens with one attached hydrogen (secondary N) is 3. The number of aliphatic imine (C=N–C) groups is 1. The molecule has 13 heteroatoms. The van der Waals surface area contributed by atoms with Crippen molar-refractivity contribution in [2.75, 3.05) is 14.2 Å². The first-order valence-corrected chi connectivity index (χ1v) is 20.5. The first-order valence-electron chi connectivity index (χ1n) is 20.5. The van der Waals surface area contributed by atoms with Crippen molar-refractivity contribution in [3.63, 3.8) is 0 Å². The molecule has 4 amide bonds. The van der Waals surface area contributed by atoms with E-state index >= 15 is 0 Å². The van der Waals surface area contributed by atoms with Crippen LogP contribution in [0.3, 0.4) is 0 Å². The monoisotopic (exact) mass is 789 g/mol. The number of H-pyrrole nitrogens is 1. The quantitative estimate of drug-likeness (QED) is 0.187. The van der Waals surface area contributed by atoms with E-state index in [2.05, 4.69) is 78.0 Å². The predicted octanol–water partition coefficient (Wildman–Crippen LogP) is 7.12. The highest BCUT2D eigenvalue weighted by molar-refractivity contribution is 6.04. The van der Waals surface area contributed by atoms with Crippen LogP contribution >= 0.6 is 0 Å². The number of ether oxygens (including phenoxy) is 2. The summed E-state index contributed by atoms with van der Waals surface area (Å²) in [5.41, 5.74) is 7.36. The van der Waals surface area contributed by atoms with E-state index in [1.54, 1.807) is 0 Å². The maximum Gasteiger partial charge on any atom is 0.407 e. The van der Waals surface area contributed by atoms with Gasteiger partial charge in [-0.1, -0.05) is 90.1 Å². The topological polar surface area (TPSA) is 158 Å². The number of hydrogen-bond donors (Lipinski definition) is 3. The Labute approximate surface area is 340 Å². The molecule has 58 heavy (non-hydrogen) atoms. The van der Waals surface area contributed by atoms with Gasteiger partial charge in [-0.3, -0.25) is 14.6 Å². The summed E-state index contributed by atoms with van der Waals surface area (Å²) >= 11 is 0. The maximum absolute atomic E-state index is 13.9. The van der Waals surface area contributed by atoms with Crippen LogP contribution in [-0.4, -0.2) is 93.9 Å². The number of benzene rings is 2. The van der Waals surface area contributed by atoms with Gasteiger partial charge >= 0.3 is 12.2 Å². The summed E-state index contributed by atoms with van der Waals surface area (Å²) in [5, 5.41) is 5.52. The lowest BCUT2D eigenvalue weighted by molar-refractivity contribution is -0.137. The van der Waals surface area contributed by atoms with E-state index in [-0.39, 0.29) is 58.6 Å². The van der Waals surface area contributed by atoms with Gasteiger partial charge in [-0.25, -0.2) is 14.6 Å². The molecule has 5 aliphatic rings. The molecule has 3 aliphatic heterocycles. The lowest BCUT2D eigenvalue weighted by Gasteiger charge is -2.33. The minimum atomic E-state index is -0.689. The lowest BCUT2D eigenvalue weighted by atomic mass is 9.93. The number of carbonyl (C=O) groups is 4. The van der Waals surface area contributed by atoms with Crippen molar-refractivity contribution in [2.45, 2.75) is 110 Å². The smallest absolute Gasteiger partial charge is 0.407 e. The molecule has 4 heterocycles. The van der Waals surface area contributed by atoms with Crippen molar-refractivity contribution in [3.05, 3.63) is 72.3 Å². The number of hydrogen-bond acceptors (Lipinski definition) is 8. The molecule has 4 fully saturated rings. The van der Waals surface area contributed by atoms with E-state index in [9.17, 15) is 19.2 Å². The fourth-order valence-electron chi connectivity index (χ4n) is 9.63. The molecule has 2 saturated carbocycles. The second kappa shape index (κ2) is 14.7. The Balaban J connectivity index is 0.917. The van der Waals surface area contributed by atoms with Gasteiger partial charge in [0, 0.05) is 30.4 Å². The standard InChI is InChI=1S/C45H55N7O6/c1-24(2)37(49-42(55)57-7)40(53)51-33(18-44(5)20-35(44)51)31-17-30(22-46-31)28-11-9-26(10-12-28)27-13-15-29(16-14-27)32-23-47-39(48-32)34-19-45(6)21-36(45)52(34)41(54)38(25(3)4)50-43(56)58-8/h9-16,22-25,33-38H,17-21H2,1-8H3,(H,47,48)(H,49,55)(H,50,56)/t33-,34-,35-,36-,37-,38-,44+,45+/m0/s1. The zero-order valence-corrected chi connectivity index (χ0v) is 34.7. The molecule has 0 bridgehead atoms. The summed E-state index contributed by atoms with van der Waals surface area (Å²) in [4.78, 5) is 69.2. The first kappa shape index (κ1) is 39.4. The number of imidazole rings is 1. The number of aromatic nitrogens is 2. The molecule has 2 aromatic carbocycles. The Hall–Kier alpha value is -5.46. The number of amides is 4. The van der Waals surface area contributed by atoms with Gasteiger partial charge in [0.25, 0.3) is 0 Å². The van der Waals surface area contributed by atoms with Crippen LogP contribution in [-0.2, 0) is 19.1 Å². The summed E-state index contributed by atoms with van der Waals surface area (Å²) in [5.74, 6) is 0.379. The van der Waals surface area contributed by atoms with Gasteiger partial charge < -0.3 is 34.9 Å². The summed E-state index contributed by atoms with van der Waals surface area (Å²) in [6.45, 7) is 12.2. The van der Waals surface area contributed by atoms with Crippen molar-refractivity contribution in [1.82, 2.24) is 30.4 Å². The molecule has 3 N–H and O–H groups in total. The number of piperidine rings is 2. The largest absolute Gasteiger partial charge is 0.453 e. The van der Waals surface area contributed by atoms with E-state index in [1.807, 2.05) is 49.9 Å². The van der Waals surface area contributed by atoms with Crippen molar-refractivity contribution in [3.8, 4) is 22.4 Å². The highest BCUT2D eigenvalue weighted by Crippen LogP contribution is 2.63. The average Bonchev–Trinajstić information content (AvgIpc) is 3.65. The van der Waals surface area contributed by atoms with Gasteiger partial charge in [0.1, 0.15) is 17.9 Å². The molecule has 8 atom stereocenters. The van der Waals surface area contributed by atoms with Crippen molar-refractivity contribution in [1.29, 1.82) is 0 Å². The highest BCUT2D eigenvalue weighted by atomic mass is 16.5. The third-order valence-electron chi connectivity index (χ3n) is 13.4. The Bertz CT molecular complexity index is 2180. The molecule has 306 valence electrons. The zero-order chi connectivity index (χ0) is 41.3. The van der Waals surface area contributed by atoms with Gasteiger partial charge in [-0.2, -0.15) is 0 Å². The lowest BCUT2D eigenvalue weighted by Crippen LogP contribution is -2.54. The first-order chi connectivity index (χ1) is 27.6. The maximum atomic E-state index is 13.9. The third-order valence-corrected chi connectivity index (χ3v) is 13.4. The molecule has 1 aromatic heterocycles. The molecule has 13 nitrogen and oxygen atoms in total. The number of likely N-dealkylation sites (tertiary alicyclic amines) is 2. The zero-order valence-electron chi connectivity index (χ0n) is 34.7. The fraction of sp³-hybridized carbons (Fsp3) is 0.511.